The molecule has 5 rings (SSSR count). The summed E-state index contributed by atoms with van der Waals surface area (Å²) in [6.45, 7) is 4.03. The van der Waals surface area contributed by atoms with Crippen LogP contribution in [0.4, 0.5) is 0 Å². The third-order valence-electron chi connectivity index (χ3n) is 6.82. The highest BCUT2D eigenvalue weighted by molar-refractivity contribution is 5.93. The van der Waals surface area contributed by atoms with Gasteiger partial charge in [-0.1, -0.05) is 31.2 Å². The number of rotatable bonds is 7. The van der Waals surface area contributed by atoms with Gasteiger partial charge in [0.1, 0.15) is 5.69 Å². The number of aromatic carboxylic acids is 2. The Labute approximate surface area is 212 Å². The number of aryl methyl sites for hydroxylation is 1. The molecule has 8 heteroatoms. The largest absolute Gasteiger partial charge is 0.478 e. The lowest BCUT2D eigenvalue weighted by molar-refractivity contribution is 0.0676. The SMILES string of the molecule is CCc1cc2c(cc1C(C)n1c(C(=O)O)c(Cc3cccc(C(=O)O)c3)c(=O)c3ccccc31)OCO2. The summed E-state index contributed by atoms with van der Waals surface area (Å²) in [6.07, 6.45) is 0.659. The van der Waals surface area contributed by atoms with Crippen LogP contribution in [-0.4, -0.2) is 33.5 Å². The van der Waals surface area contributed by atoms with Crippen LogP contribution >= 0.6 is 0 Å². The second kappa shape index (κ2) is 9.46. The predicted octanol–water partition coefficient (Wildman–Crippen LogP) is 4.89. The van der Waals surface area contributed by atoms with Gasteiger partial charge in [0.15, 0.2) is 16.9 Å². The van der Waals surface area contributed by atoms with E-state index in [1.54, 1.807) is 41.0 Å². The fourth-order valence-electron chi connectivity index (χ4n) is 5.06. The maximum atomic E-state index is 13.6. The van der Waals surface area contributed by atoms with Gasteiger partial charge in [0.05, 0.1) is 17.1 Å². The number of hydrogen-bond acceptors (Lipinski definition) is 5. The van der Waals surface area contributed by atoms with Crippen molar-refractivity contribution >= 4 is 22.8 Å². The summed E-state index contributed by atoms with van der Waals surface area (Å²) in [6, 6.07) is 16.5. The molecule has 2 N–H and O–H groups in total. The third-order valence-corrected chi connectivity index (χ3v) is 6.82. The van der Waals surface area contributed by atoms with Gasteiger partial charge in [-0.2, -0.15) is 0 Å². The van der Waals surface area contributed by atoms with E-state index in [1.807, 2.05) is 26.0 Å². The number of pyridine rings is 1. The number of fused-ring (bicyclic) bond motifs is 2. The maximum Gasteiger partial charge on any atom is 0.352 e. The monoisotopic (exact) mass is 499 g/mol. The van der Waals surface area contributed by atoms with Gasteiger partial charge in [-0.15, -0.1) is 0 Å². The van der Waals surface area contributed by atoms with E-state index in [0.29, 0.717) is 34.4 Å². The summed E-state index contributed by atoms with van der Waals surface area (Å²) < 4.78 is 12.8. The summed E-state index contributed by atoms with van der Waals surface area (Å²) in [4.78, 5) is 37.9. The molecule has 0 saturated heterocycles. The average molecular weight is 500 g/mol. The van der Waals surface area contributed by atoms with Crippen molar-refractivity contribution in [2.45, 2.75) is 32.7 Å². The highest BCUT2D eigenvalue weighted by atomic mass is 16.7. The van der Waals surface area contributed by atoms with Gasteiger partial charge in [0, 0.05) is 17.4 Å². The fourth-order valence-corrected chi connectivity index (χ4v) is 5.06. The highest BCUT2D eigenvalue weighted by Crippen LogP contribution is 2.39. The molecule has 1 atom stereocenters. The minimum absolute atomic E-state index is 0.0269. The molecule has 8 nitrogen and oxygen atoms in total. The molecule has 3 aromatic carbocycles. The lowest BCUT2D eigenvalue weighted by Crippen LogP contribution is -2.27. The number of nitrogens with zero attached hydrogens (tertiary/aromatic N) is 1. The summed E-state index contributed by atoms with van der Waals surface area (Å²) in [5.74, 6) is -1.10. The van der Waals surface area contributed by atoms with E-state index in [9.17, 15) is 24.6 Å². The summed E-state index contributed by atoms with van der Waals surface area (Å²) >= 11 is 0. The normalized spacial score (nSPS) is 13.0. The standard InChI is InChI=1S/C29H25NO7/c1-3-18-13-24-25(37-15-36-24)14-21(18)16(2)30-23-10-5-4-9-20(23)27(31)22(26(30)29(34)35)12-17-7-6-8-19(11-17)28(32)33/h4-11,13-14,16H,3,12,15H2,1-2H3,(H,32,33)(H,34,35). The summed E-state index contributed by atoms with van der Waals surface area (Å²) in [5.41, 5.74) is 2.52. The zero-order chi connectivity index (χ0) is 26.3. The molecular formula is C29H25NO7. The molecular weight excluding hydrogens is 474 g/mol. The molecule has 0 radical (unpaired) electrons. The topological polar surface area (TPSA) is 115 Å². The van der Waals surface area contributed by atoms with E-state index in [0.717, 1.165) is 11.1 Å². The molecule has 2 heterocycles. The first-order valence-electron chi connectivity index (χ1n) is 11.9. The van der Waals surface area contributed by atoms with Gasteiger partial charge in [0.2, 0.25) is 6.79 Å². The quantitative estimate of drug-likeness (QED) is 0.372. The molecule has 1 aliphatic heterocycles. The Bertz CT molecular complexity index is 1620. The number of benzene rings is 3. The number of carbonyl (C=O) groups is 2. The minimum Gasteiger partial charge on any atom is -0.478 e. The Hall–Kier alpha value is -4.59. The van der Waals surface area contributed by atoms with Crippen LogP contribution in [0.5, 0.6) is 11.5 Å². The molecule has 0 saturated carbocycles. The summed E-state index contributed by atoms with van der Waals surface area (Å²) in [5, 5.41) is 20.2. The zero-order valence-electron chi connectivity index (χ0n) is 20.4. The number of carboxylic acid groups (broad SMARTS) is 2. The van der Waals surface area contributed by atoms with E-state index in [2.05, 4.69) is 0 Å². The third kappa shape index (κ3) is 4.20. The Morgan fingerprint density at radius 2 is 1.70 bits per heavy atom. The van der Waals surface area contributed by atoms with Crippen molar-refractivity contribution in [3.8, 4) is 11.5 Å². The van der Waals surface area contributed by atoms with E-state index in [-0.39, 0.29) is 30.0 Å². The van der Waals surface area contributed by atoms with Crippen LogP contribution in [0, 0.1) is 0 Å². The smallest absolute Gasteiger partial charge is 0.352 e. The van der Waals surface area contributed by atoms with Crippen LogP contribution in [0.2, 0.25) is 0 Å². The van der Waals surface area contributed by atoms with Crippen molar-refractivity contribution in [3.63, 3.8) is 0 Å². The number of para-hydroxylation sites is 1. The van der Waals surface area contributed by atoms with Gasteiger partial charge in [-0.3, -0.25) is 4.79 Å². The lowest BCUT2D eigenvalue weighted by Gasteiger charge is -2.26. The number of carboxylic acids is 2. The van der Waals surface area contributed by atoms with Crippen LogP contribution in [0.25, 0.3) is 10.9 Å². The van der Waals surface area contributed by atoms with Crippen molar-refractivity contribution in [2.75, 3.05) is 6.79 Å². The second-order valence-corrected chi connectivity index (χ2v) is 8.96. The Kier molecular flexibility index (Phi) is 6.17. The molecule has 1 unspecified atom stereocenters. The molecule has 0 aliphatic carbocycles. The molecule has 4 aromatic rings. The molecule has 0 fully saturated rings. The Morgan fingerprint density at radius 1 is 0.973 bits per heavy atom. The number of hydrogen-bond donors (Lipinski definition) is 2. The molecule has 0 amide bonds. The van der Waals surface area contributed by atoms with Crippen molar-refractivity contribution in [1.29, 1.82) is 0 Å². The predicted molar refractivity (Wildman–Crippen MR) is 137 cm³/mol. The van der Waals surface area contributed by atoms with Gasteiger partial charge in [-0.25, -0.2) is 9.59 Å². The first kappa shape index (κ1) is 24.1. The van der Waals surface area contributed by atoms with E-state index >= 15 is 0 Å². The Balaban J connectivity index is 1.78. The fraction of sp³-hybridized carbons (Fsp3) is 0.207. The first-order valence-corrected chi connectivity index (χ1v) is 11.9. The van der Waals surface area contributed by atoms with Crippen LogP contribution in [0.1, 0.15) is 63.0 Å². The second-order valence-electron chi connectivity index (χ2n) is 8.96. The molecule has 0 spiro atoms. The number of ether oxygens (including phenoxy) is 2. The van der Waals surface area contributed by atoms with Crippen LogP contribution in [0.15, 0.2) is 65.5 Å². The van der Waals surface area contributed by atoms with Crippen molar-refractivity contribution in [1.82, 2.24) is 4.57 Å². The molecule has 188 valence electrons. The van der Waals surface area contributed by atoms with Crippen LogP contribution in [-0.2, 0) is 12.8 Å². The molecule has 1 aromatic heterocycles. The highest BCUT2D eigenvalue weighted by Gasteiger charge is 2.28. The molecule has 0 bridgehead atoms. The Morgan fingerprint density at radius 3 is 2.41 bits per heavy atom. The van der Waals surface area contributed by atoms with Gasteiger partial charge in [0.25, 0.3) is 0 Å². The minimum atomic E-state index is -1.24. The van der Waals surface area contributed by atoms with E-state index < -0.39 is 23.4 Å². The molecule has 37 heavy (non-hydrogen) atoms. The summed E-state index contributed by atoms with van der Waals surface area (Å²) in [7, 11) is 0. The zero-order valence-corrected chi connectivity index (χ0v) is 20.4. The van der Waals surface area contributed by atoms with Gasteiger partial charge >= 0.3 is 11.9 Å². The van der Waals surface area contributed by atoms with E-state index in [1.165, 1.54) is 12.1 Å². The average Bonchev–Trinajstić information content (AvgIpc) is 3.36. The van der Waals surface area contributed by atoms with E-state index in [4.69, 9.17) is 9.47 Å². The number of aromatic nitrogens is 1. The van der Waals surface area contributed by atoms with Crippen LogP contribution < -0.4 is 14.9 Å². The van der Waals surface area contributed by atoms with Crippen molar-refractivity contribution in [3.05, 3.63) is 104 Å². The van der Waals surface area contributed by atoms with Gasteiger partial charge in [-0.05, 0) is 66.4 Å². The van der Waals surface area contributed by atoms with Crippen LogP contribution in [0.3, 0.4) is 0 Å². The van der Waals surface area contributed by atoms with Crippen molar-refractivity contribution < 1.29 is 29.3 Å². The molecule has 1 aliphatic rings. The van der Waals surface area contributed by atoms with Crippen molar-refractivity contribution in [2.24, 2.45) is 0 Å². The lowest BCUT2D eigenvalue weighted by atomic mass is 9.94. The first-order chi connectivity index (χ1) is 17.8. The van der Waals surface area contributed by atoms with Gasteiger partial charge < -0.3 is 24.3 Å². The maximum absolute atomic E-state index is 13.6.